The first-order valence-electron chi connectivity index (χ1n) is 5.52. The van der Waals surface area contributed by atoms with Gasteiger partial charge in [0.1, 0.15) is 16.8 Å². The van der Waals surface area contributed by atoms with E-state index in [9.17, 15) is 0 Å². The Balaban J connectivity index is 1.93. The number of hydrogen-bond donors (Lipinski definition) is 1. The van der Waals surface area contributed by atoms with Crippen molar-refractivity contribution in [2.45, 2.75) is 6.54 Å². The minimum atomic E-state index is 0.531. The molecule has 0 saturated carbocycles. The van der Waals surface area contributed by atoms with E-state index in [0.29, 0.717) is 12.4 Å². The van der Waals surface area contributed by atoms with Gasteiger partial charge in [-0.2, -0.15) is 0 Å². The molecule has 18 heavy (non-hydrogen) atoms. The van der Waals surface area contributed by atoms with Gasteiger partial charge in [0, 0.05) is 6.54 Å². The first-order chi connectivity index (χ1) is 8.86. The van der Waals surface area contributed by atoms with Crippen LogP contribution in [0, 0.1) is 0 Å². The highest BCUT2D eigenvalue weighted by Gasteiger charge is 2.07. The summed E-state index contributed by atoms with van der Waals surface area (Å²) in [5.74, 6) is 1.34. The van der Waals surface area contributed by atoms with E-state index >= 15 is 0 Å². The fourth-order valence-corrected chi connectivity index (χ4v) is 2.41. The summed E-state index contributed by atoms with van der Waals surface area (Å²) in [6.45, 7) is 0.531. The standard InChI is InChI=1S/C13H11N3OS/c14-7-9-1-3-10(4-2-9)17-13-12-11(5-6-18-12)15-8-16-13/h1-6,8H,7,14H2. The highest BCUT2D eigenvalue weighted by atomic mass is 32.1. The molecule has 0 aliphatic heterocycles. The topological polar surface area (TPSA) is 61.0 Å². The fraction of sp³-hybridized carbons (Fsp3) is 0.0769. The molecule has 3 aromatic rings. The molecule has 0 aliphatic carbocycles. The first kappa shape index (κ1) is 11.1. The molecular formula is C13H11N3OS. The van der Waals surface area contributed by atoms with Crippen molar-refractivity contribution in [3.8, 4) is 11.6 Å². The van der Waals surface area contributed by atoms with Crippen molar-refractivity contribution >= 4 is 21.6 Å². The third-order valence-electron chi connectivity index (χ3n) is 2.58. The molecule has 2 N–H and O–H groups in total. The lowest BCUT2D eigenvalue weighted by Crippen LogP contribution is -1.95. The Morgan fingerprint density at radius 3 is 2.72 bits per heavy atom. The van der Waals surface area contributed by atoms with Crippen LogP contribution in [-0.2, 0) is 6.54 Å². The van der Waals surface area contributed by atoms with Gasteiger partial charge in [-0.15, -0.1) is 11.3 Å². The van der Waals surface area contributed by atoms with Gasteiger partial charge in [-0.25, -0.2) is 9.97 Å². The molecule has 2 aromatic heterocycles. The van der Waals surface area contributed by atoms with Crippen molar-refractivity contribution in [1.82, 2.24) is 9.97 Å². The Labute approximate surface area is 108 Å². The van der Waals surface area contributed by atoms with Crippen LogP contribution in [0.15, 0.2) is 42.0 Å². The zero-order valence-corrected chi connectivity index (χ0v) is 10.4. The zero-order chi connectivity index (χ0) is 12.4. The predicted molar refractivity (Wildman–Crippen MR) is 71.8 cm³/mol. The van der Waals surface area contributed by atoms with Gasteiger partial charge in [0.2, 0.25) is 5.88 Å². The molecule has 0 radical (unpaired) electrons. The van der Waals surface area contributed by atoms with Gasteiger partial charge >= 0.3 is 0 Å². The largest absolute Gasteiger partial charge is 0.437 e. The molecule has 0 atom stereocenters. The van der Waals surface area contributed by atoms with E-state index in [1.807, 2.05) is 35.7 Å². The maximum absolute atomic E-state index is 5.77. The van der Waals surface area contributed by atoms with Crippen LogP contribution in [0.4, 0.5) is 0 Å². The van der Waals surface area contributed by atoms with E-state index < -0.39 is 0 Å². The minimum Gasteiger partial charge on any atom is -0.437 e. The first-order valence-corrected chi connectivity index (χ1v) is 6.40. The molecule has 90 valence electrons. The second-order valence-corrected chi connectivity index (χ2v) is 4.68. The number of nitrogens with two attached hydrogens (primary N) is 1. The highest BCUT2D eigenvalue weighted by Crippen LogP contribution is 2.30. The van der Waals surface area contributed by atoms with Crippen molar-refractivity contribution < 1.29 is 4.74 Å². The van der Waals surface area contributed by atoms with E-state index in [1.165, 1.54) is 6.33 Å². The van der Waals surface area contributed by atoms with Gasteiger partial charge in [0.25, 0.3) is 0 Å². The van der Waals surface area contributed by atoms with Gasteiger partial charge < -0.3 is 10.5 Å². The summed E-state index contributed by atoms with van der Waals surface area (Å²) in [6.07, 6.45) is 1.51. The number of ether oxygens (including phenoxy) is 1. The highest BCUT2D eigenvalue weighted by molar-refractivity contribution is 7.17. The Morgan fingerprint density at radius 2 is 1.94 bits per heavy atom. The van der Waals surface area contributed by atoms with Crippen molar-refractivity contribution in [2.75, 3.05) is 0 Å². The number of aromatic nitrogens is 2. The molecule has 1 aromatic carbocycles. The molecule has 0 aliphatic rings. The summed E-state index contributed by atoms with van der Waals surface area (Å²) in [6, 6.07) is 9.63. The van der Waals surface area contributed by atoms with E-state index in [-0.39, 0.29) is 0 Å². The third kappa shape index (κ3) is 2.05. The van der Waals surface area contributed by atoms with Crippen molar-refractivity contribution in [3.63, 3.8) is 0 Å². The molecule has 4 nitrogen and oxygen atoms in total. The molecule has 0 spiro atoms. The molecule has 0 unspecified atom stereocenters. The Bertz CT molecular complexity index is 663. The van der Waals surface area contributed by atoms with Crippen LogP contribution in [0.1, 0.15) is 5.56 Å². The smallest absolute Gasteiger partial charge is 0.240 e. The van der Waals surface area contributed by atoms with Crippen molar-refractivity contribution in [2.24, 2.45) is 5.73 Å². The van der Waals surface area contributed by atoms with E-state index in [1.54, 1.807) is 11.3 Å². The van der Waals surface area contributed by atoms with Crippen LogP contribution < -0.4 is 10.5 Å². The van der Waals surface area contributed by atoms with Crippen molar-refractivity contribution in [1.29, 1.82) is 0 Å². The summed E-state index contributed by atoms with van der Waals surface area (Å²) >= 11 is 1.57. The van der Waals surface area contributed by atoms with Crippen LogP contribution in [0.2, 0.25) is 0 Å². The predicted octanol–water partition coefficient (Wildman–Crippen LogP) is 2.94. The van der Waals surface area contributed by atoms with Gasteiger partial charge in [-0.05, 0) is 29.1 Å². The number of fused-ring (bicyclic) bond motifs is 1. The quantitative estimate of drug-likeness (QED) is 0.783. The van der Waals surface area contributed by atoms with E-state index in [2.05, 4.69) is 9.97 Å². The molecule has 0 amide bonds. The second kappa shape index (κ2) is 4.72. The molecular weight excluding hydrogens is 246 g/mol. The molecule has 5 heteroatoms. The summed E-state index contributed by atoms with van der Waals surface area (Å²) in [5.41, 5.74) is 7.53. The number of hydrogen-bond acceptors (Lipinski definition) is 5. The lowest BCUT2D eigenvalue weighted by molar-refractivity contribution is 0.469. The third-order valence-corrected chi connectivity index (χ3v) is 3.48. The van der Waals surface area contributed by atoms with Crippen LogP contribution in [-0.4, -0.2) is 9.97 Å². The normalized spacial score (nSPS) is 10.7. The zero-order valence-electron chi connectivity index (χ0n) is 9.54. The second-order valence-electron chi connectivity index (χ2n) is 3.76. The Kier molecular flexibility index (Phi) is 2.92. The number of rotatable bonds is 3. The lowest BCUT2D eigenvalue weighted by atomic mass is 10.2. The molecule has 0 bridgehead atoms. The van der Waals surface area contributed by atoms with Gasteiger partial charge in [0.05, 0.1) is 5.52 Å². The van der Waals surface area contributed by atoms with E-state index in [0.717, 1.165) is 21.5 Å². The number of thiophene rings is 1. The summed E-state index contributed by atoms with van der Waals surface area (Å²) in [5, 5.41) is 1.98. The van der Waals surface area contributed by atoms with Crippen LogP contribution >= 0.6 is 11.3 Å². The molecule has 0 saturated heterocycles. The maximum atomic E-state index is 5.77. The number of nitrogens with zero attached hydrogens (tertiary/aromatic N) is 2. The van der Waals surface area contributed by atoms with Crippen LogP contribution in [0.5, 0.6) is 11.6 Å². The monoisotopic (exact) mass is 257 g/mol. The average Bonchev–Trinajstić information content (AvgIpc) is 2.89. The van der Waals surface area contributed by atoms with Crippen LogP contribution in [0.3, 0.4) is 0 Å². The molecule has 0 fully saturated rings. The minimum absolute atomic E-state index is 0.531. The fourth-order valence-electron chi connectivity index (χ4n) is 1.64. The number of benzene rings is 1. The SMILES string of the molecule is NCc1ccc(Oc2ncnc3ccsc23)cc1. The van der Waals surface area contributed by atoms with Crippen molar-refractivity contribution in [3.05, 3.63) is 47.6 Å². The Hall–Kier alpha value is -1.98. The maximum Gasteiger partial charge on any atom is 0.240 e. The molecule has 2 heterocycles. The Morgan fingerprint density at radius 1 is 1.11 bits per heavy atom. The summed E-state index contributed by atoms with van der Waals surface area (Å²) in [7, 11) is 0. The summed E-state index contributed by atoms with van der Waals surface area (Å²) in [4.78, 5) is 8.34. The van der Waals surface area contributed by atoms with Gasteiger partial charge in [0.15, 0.2) is 0 Å². The lowest BCUT2D eigenvalue weighted by Gasteiger charge is -2.05. The average molecular weight is 257 g/mol. The molecule has 3 rings (SSSR count). The van der Waals surface area contributed by atoms with Gasteiger partial charge in [-0.1, -0.05) is 12.1 Å². The van der Waals surface area contributed by atoms with Gasteiger partial charge in [-0.3, -0.25) is 0 Å². The van der Waals surface area contributed by atoms with Crippen LogP contribution in [0.25, 0.3) is 10.2 Å². The summed E-state index contributed by atoms with van der Waals surface area (Å²) < 4.78 is 6.73. The van der Waals surface area contributed by atoms with E-state index in [4.69, 9.17) is 10.5 Å².